The Morgan fingerprint density at radius 2 is 1.31 bits per heavy atom. The first-order valence-electron chi connectivity index (χ1n) is 7.72. The minimum atomic E-state index is -3.66. The van der Waals surface area contributed by atoms with E-state index in [2.05, 4.69) is 4.98 Å². The van der Waals surface area contributed by atoms with Gasteiger partial charge in [-0.15, -0.1) is 0 Å². The van der Waals surface area contributed by atoms with Crippen LogP contribution in [0.3, 0.4) is 0 Å². The van der Waals surface area contributed by atoms with Gasteiger partial charge in [0.15, 0.2) is 0 Å². The van der Waals surface area contributed by atoms with Crippen LogP contribution in [0.15, 0.2) is 63.1 Å². The molecular weight excluding hydrogens is 393 g/mol. The molecule has 0 amide bonds. The Hall–Kier alpha value is -2.08. The van der Waals surface area contributed by atoms with E-state index in [0.29, 0.717) is 27.5 Å². The maximum Gasteiger partial charge on any atom is 0.208 e. The molecule has 0 aliphatic rings. The van der Waals surface area contributed by atoms with Crippen LogP contribution in [0.25, 0.3) is 11.1 Å². The van der Waals surface area contributed by atoms with Crippen molar-refractivity contribution in [1.29, 1.82) is 0 Å². The number of aromatic nitrogens is 1. The van der Waals surface area contributed by atoms with Crippen LogP contribution < -0.4 is 5.43 Å². The largest absolute Gasteiger partial charge is 0.361 e. The fourth-order valence-corrected chi connectivity index (χ4v) is 4.28. The average molecular weight is 408 g/mol. The Labute approximate surface area is 161 Å². The fraction of sp³-hybridized carbons (Fsp3) is 0.105. The van der Waals surface area contributed by atoms with Gasteiger partial charge in [-0.1, -0.05) is 35.3 Å². The summed E-state index contributed by atoms with van der Waals surface area (Å²) in [6.07, 6.45) is 0. The first-order chi connectivity index (χ1) is 12.2. The monoisotopic (exact) mass is 407 g/mol. The molecule has 0 atom stereocenters. The molecule has 0 aliphatic carbocycles. The normalized spacial score (nSPS) is 11.5. The van der Waals surface area contributed by atoms with Gasteiger partial charge in [-0.05, 0) is 55.8 Å². The average Bonchev–Trinajstić information content (AvgIpc) is 2.61. The summed E-state index contributed by atoms with van der Waals surface area (Å²) in [6, 6.07) is 12.1. The van der Waals surface area contributed by atoms with E-state index in [-0.39, 0.29) is 20.2 Å². The first kappa shape index (κ1) is 18.7. The van der Waals surface area contributed by atoms with Crippen molar-refractivity contribution in [2.45, 2.75) is 23.6 Å². The molecule has 1 heterocycles. The molecule has 26 heavy (non-hydrogen) atoms. The molecule has 7 heteroatoms. The van der Waals surface area contributed by atoms with Crippen molar-refractivity contribution in [3.63, 3.8) is 0 Å². The molecule has 4 nitrogen and oxygen atoms in total. The Balaban J connectivity index is 2.06. The summed E-state index contributed by atoms with van der Waals surface area (Å²) in [5.41, 5.74) is 2.01. The van der Waals surface area contributed by atoms with Crippen LogP contribution >= 0.6 is 23.2 Å². The van der Waals surface area contributed by atoms with Gasteiger partial charge in [-0.25, -0.2) is 8.42 Å². The number of H-pyrrole nitrogens is 1. The number of aryl methyl sites for hydroxylation is 2. The van der Waals surface area contributed by atoms with E-state index < -0.39 is 9.84 Å². The zero-order valence-electron chi connectivity index (χ0n) is 14.0. The second-order valence-electron chi connectivity index (χ2n) is 5.87. The van der Waals surface area contributed by atoms with E-state index in [9.17, 15) is 13.2 Å². The quantitative estimate of drug-likeness (QED) is 0.677. The molecule has 2 aromatic carbocycles. The maximum absolute atomic E-state index is 12.7. The predicted octanol–water partition coefficient (Wildman–Crippen LogP) is 4.80. The number of rotatable bonds is 3. The van der Waals surface area contributed by atoms with Gasteiger partial charge in [0.05, 0.1) is 9.79 Å². The van der Waals surface area contributed by atoms with Crippen molar-refractivity contribution in [3.8, 4) is 11.1 Å². The molecule has 0 fully saturated rings. The molecule has 1 N–H and O–H groups in total. The third kappa shape index (κ3) is 3.30. The zero-order chi connectivity index (χ0) is 19.1. The summed E-state index contributed by atoms with van der Waals surface area (Å²) >= 11 is 11.9. The van der Waals surface area contributed by atoms with Crippen LogP contribution in [0.1, 0.15) is 11.4 Å². The third-order valence-electron chi connectivity index (χ3n) is 4.08. The van der Waals surface area contributed by atoms with E-state index in [1.54, 1.807) is 26.0 Å². The number of benzene rings is 2. The van der Waals surface area contributed by atoms with Gasteiger partial charge in [0.25, 0.3) is 0 Å². The number of halogens is 2. The Kier molecular flexibility index (Phi) is 4.97. The Bertz CT molecular complexity index is 1130. The van der Waals surface area contributed by atoms with Gasteiger partial charge in [0.1, 0.15) is 5.02 Å². The lowest BCUT2D eigenvalue weighted by atomic mass is 10.0. The van der Waals surface area contributed by atoms with E-state index in [1.165, 1.54) is 36.4 Å². The molecule has 0 aliphatic heterocycles. The van der Waals surface area contributed by atoms with Crippen molar-refractivity contribution in [3.05, 3.63) is 80.2 Å². The minimum absolute atomic E-state index is 0.128. The highest BCUT2D eigenvalue weighted by atomic mass is 35.5. The van der Waals surface area contributed by atoms with Crippen molar-refractivity contribution in [2.75, 3.05) is 0 Å². The van der Waals surface area contributed by atoms with Gasteiger partial charge < -0.3 is 4.98 Å². The number of hydrogen-bond acceptors (Lipinski definition) is 3. The highest BCUT2D eigenvalue weighted by Gasteiger charge is 2.19. The van der Waals surface area contributed by atoms with Gasteiger partial charge in [0.2, 0.25) is 15.3 Å². The maximum atomic E-state index is 12.7. The Morgan fingerprint density at radius 1 is 0.808 bits per heavy atom. The summed E-state index contributed by atoms with van der Waals surface area (Å²) in [7, 11) is -3.66. The van der Waals surface area contributed by atoms with Gasteiger partial charge >= 0.3 is 0 Å². The first-order valence-corrected chi connectivity index (χ1v) is 9.96. The Morgan fingerprint density at radius 3 is 1.85 bits per heavy atom. The smallest absolute Gasteiger partial charge is 0.208 e. The van der Waals surface area contributed by atoms with E-state index in [0.717, 1.165) is 0 Å². The van der Waals surface area contributed by atoms with Crippen LogP contribution in [-0.4, -0.2) is 13.4 Å². The topological polar surface area (TPSA) is 67.0 Å². The molecule has 0 spiro atoms. The highest BCUT2D eigenvalue weighted by Crippen LogP contribution is 2.26. The number of nitrogens with one attached hydrogen (secondary N) is 1. The van der Waals surface area contributed by atoms with Crippen LogP contribution in [0.2, 0.25) is 10.0 Å². The number of aromatic amines is 1. The molecule has 3 rings (SSSR count). The van der Waals surface area contributed by atoms with Gasteiger partial charge in [-0.3, -0.25) is 4.79 Å². The lowest BCUT2D eigenvalue weighted by Crippen LogP contribution is -2.11. The molecule has 3 aromatic rings. The van der Waals surface area contributed by atoms with E-state index in [1.807, 2.05) is 0 Å². The van der Waals surface area contributed by atoms with Crippen molar-refractivity contribution >= 4 is 33.0 Å². The molecule has 0 unspecified atom stereocenters. The van der Waals surface area contributed by atoms with Crippen LogP contribution in [0.5, 0.6) is 0 Å². The second-order valence-corrected chi connectivity index (χ2v) is 8.64. The lowest BCUT2D eigenvalue weighted by molar-refractivity contribution is 0.596. The molecule has 0 saturated carbocycles. The fourth-order valence-electron chi connectivity index (χ4n) is 2.75. The highest BCUT2D eigenvalue weighted by molar-refractivity contribution is 7.91. The van der Waals surface area contributed by atoms with Crippen molar-refractivity contribution in [1.82, 2.24) is 4.98 Å². The number of sulfone groups is 1. The van der Waals surface area contributed by atoms with Gasteiger partial charge in [0, 0.05) is 22.0 Å². The van der Waals surface area contributed by atoms with E-state index >= 15 is 0 Å². The van der Waals surface area contributed by atoms with Gasteiger partial charge in [-0.2, -0.15) is 0 Å². The molecule has 0 bridgehead atoms. The summed E-state index contributed by atoms with van der Waals surface area (Å²) in [4.78, 5) is 15.8. The molecule has 134 valence electrons. The lowest BCUT2D eigenvalue weighted by Gasteiger charge is -2.10. The molecular formula is C19H15Cl2NO3S. The van der Waals surface area contributed by atoms with Crippen molar-refractivity contribution in [2.24, 2.45) is 0 Å². The summed E-state index contributed by atoms with van der Waals surface area (Å²) < 4.78 is 25.4. The standard InChI is InChI=1S/C19H15Cl2NO3S/c1-11-17(19(23)18(21)12(2)22-11)13-3-7-15(8-4-13)26(24,25)16-9-5-14(20)6-10-16/h3-10H,1-2H3,(H,22,23). The van der Waals surface area contributed by atoms with Crippen molar-refractivity contribution < 1.29 is 8.42 Å². The summed E-state index contributed by atoms with van der Waals surface area (Å²) in [6.45, 7) is 3.50. The molecule has 0 radical (unpaired) electrons. The number of hydrogen-bond donors (Lipinski definition) is 1. The molecule has 1 aromatic heterocycles. The second kappa shape index (κ2) is 6.91. The predicted molar refractivity (Wildman–Crippen MR) is 104 cm³/mol. The summed E-state index contributed by atoms with van der Waals surface area (Å²) in [5.74, 6) is 0. The zero-order valence-corrected chi connectivity index (χ0v) is 16.3. The van der Waals surface area contributed by atoms with E-state index in [4.69, 9.17) is 23.2 Å². The third-order valence-corrected chi connectivity index (χ3v) is 6.58. The molecule has 0 saturated heterocycles. The summed E-state index contributed by atoms with van der Waals surface area (Å²) in [5, 5.41) is 0.591. The minimum Gasteiger partial charge on any atom is -0.361 e. The van der Waals surface area contributed by atoms with Crippen LogP contribution in [0.4, 0.5) is 0 Å². The van der Waals surface area contributed by atoms with Crippen LogP contribution in [0, 0.1) is 13.8 Å². The SMILES string of the molecule is Cc1[nH]c(C)c(-c2ccc(S(=O)(=O)c3ccc(Cl)cc3)cc2)c(=O)c1Cl. The van der Waals surface area contributed by atoms with Crippen LogP contribution in [-0.2, 0) is 9.84 Å². The number of pyridine rings is 1.